The van der Waals surface area contributed by atoms with Gasteiger partial charge in [-0.2, -0.15) is 0 Å². The molecule has 1 N–H and O–H groups in total. The Labute approximate surface area is 141 Å². The molecule has 0 bridgehead atoms. The molecule has 1 atom stereocenters. The molecular weight excluding hydrogens is 344 g/mol. The standard InChI is InChI=1S/C17H25BrN2O2/c1-2-3-11-22-12-10-20(16-6-4-15(18)5-7-16)17(21)14-8-9-19-13-14/h4-7,14,19H,2-3,8-13H2,1H3. The topological polar surface area (TPSA) is 41.6 Å². The fourth-order valence-corrected chi connectivity index (χ4v) is 2.84. The Hall–Kier alpha value is -0.910. The number of halogens is 1. The van der Waals surface area contributed by atoms with Crippen molar-refractivity contribution < 1.29 is 9.53 Å². The van der Waals surface area contributed by atoms with E-state index >= 15 is 0 Å². The van der Waals surface area contributed by atoms with Gasteiger partial charge in [0.2, 0.25) is 5.91 Å². The zero-order chi connectivity index (χ0) is 15.8. The van der Waals surface area contributed by atoms with Gasteiger partial charge in [-0.05, 0) is 43.7 Å². The number of hydrogen-bond acceptors (Lipinski definition) is 3. The summed E-state index contributed by atoms with van der Waals surface area (Å²) in [7, 11) is 0. The second-order valence-electron chi connectivity index (χ2n) is 5.62. The smallest absolute Gasteiger partial charge is 0.231 e. The summed E-state index contributed by atoms with van der Waals surface area (Å²) in [5.74, 6) is 0.283. The van der Waals surface area contributed by atoms with Crippen molar-refractivity contribution in [3.8, 4) is 0 Å². The third-order valence-corrected chi connectivity index (χ3v) is 4.44. The van der Waals surface area contributed by atoms with Crippen LogP contribution in [-0.4, -0.2) is 38.8 Å². The number of benzene rings is 1. The Morgan fingerprint density at radius 3 is 2.77 bits per heavy atom. The Morgan fingerprint density at radius 2 is 2.14 bits per heavy atom. The minimum atomic E-state index is 0.0827. The monoisotopic (exact) mass is 368 g/mol. The van der Waals surface area contributed by atoms with E-state index in [2.05, 4.69) is 28.2 Å². The lowest BCUT2D eigenvalue weighted by Gasteiger charge is -2.25. The number of carbonyl (C=O) groups is 1. The van der Waals surface area contributed by atoms with Crippen LogP contribution in [0.2, 0.25) is 0 Å². The molecule has 0 spiro atoms. The molecule has 0 aromatic heterocycles. The summed E-state index contributed by atoms with van der Waals surface area (Å²) in [5.41, 5.74) is 0.944. The number of nitrogens with one attached hydrogen (secondary N) is 1. The molecule has 0 radical (unpaired) electrons. The van der Waals surface area contributed by atoms with Crippen molar-refractivity contribution in [1.82, 2.24) is 5.32 Å². The zero-order valence-corrected chi connectivity index (χ0v) is 14.8. The number of unbranched alkanes of at least 4 members (excludes halogenated alkanes) is 1. The lowest BCUT2D eigenvalue weighted by molar-refractivity contribution is -0.122. The molecule has 4 nitrogen and oxygen atoms in total. The Kier molecular flexibility index (Phi) is 7.36. The number of amides is 1. The average molecular weight is 369 g/mol. The predicted molar refractivity (Wildman–Crippen MR) is 93.2 cm³/mol. The van der Waals surface area contributed by atoms with Gasteiger partial charge < -0.3 is 15.0 Å². The molecule has 0 aliphatic carbocycles. The van der Waals surface area contributed by atoms with Crippen LogP contribution < -0.4 is 10.2 Å². The summed E-state index contributed by atoms with van der Waals surface area (Å²) >= 11 is 3.44. The molecule has 1 aliphatic heterocycles. The number of rotatable bonds is 8. The van der Waals surface area contributed by atoms with Gasteiger partial charge in [0.05, 0.1) is 12.5 Å². The third-order valence-electron chi connectivity index (χ3n) is 3.92. The molecule has 1 saturated heterocycles. The van der Waals surface area contributed by atoms with E-state index in [1.165, 1.54) is 0 Å². The summed E-state index contributed by atoms with van der Waals surface area (Å²) in [4.78, 5) is 14.6. The van der Waals surface area contributed by atoms with Crippen molar-refractivity contribution in [3.05, 3.63) is 28.7 Å². The number of carbonyl (C=O) groups excluding carboxylic acids is 1. The van der Waals surface area contributed by atoms with Gasteiger partial charge >= 0.3 is 0 Å². The van der Waals surface area contributed by atoms with E-state index in [4.69, 9.17) is 4.74 Å². The molecule has 2 rings (SSSR count). The zero-order valence-electron chi connectivity index (χ0n) is 13.2. The van der Waals surface area contributed by atoms with Crippen molar-refractivity contribution in [2.45, 2.75) is 26.2 Å². The van der Waals surface area contributed by atoms with Crippen LogP contribution in [0, 0.1) is 5.92 Å². The number of anilines is 1. The van der Waals surface area contributed by atoms with Crippen LogP contribution in [0.3, 0.4) is 0 Å². The van der Waals surface area contributed by atoms with Gasteiger partial charge in [-0.3, -0.25) is 4.79 Å². The van der Waals surface area contributed by atoms with E-state index in [0.29, 0.717) is 13.2 Å². The van der Waals surface area contributed by atoms with Crippen LogP contribution in [0.1, 0.15) is 26.2 Å². The maximum absolute atomic E-state index is 12.8. The molecule has 22 heavy (non-hydrogen) atoms. The first-order valence-corrected chi connectivity index (χ1v) is 8.87. The Balaban J connectivity index is 1.99. The highest BCUT2D eigenvalue weighted by Crippen LogP contribution is 2.22. The van der Waals surface area contributed by atoms with Gasteiger partial charge in [0.1, 0.15) is 0 Å². The van der Waals surface area contributed by atoms with Gasteiger partial charge in [0, 0.05) is 29.9 Å². The molecular formula is C17H25BrN2O2. The Morgan fingerprint density at radius 1 is 1.36 bits per heavy atom. The van der Waals surface area contributed by atoms with Gasteiger partial charge in [-0.25, -0.2) is 0 Å². The highest BCUT2D eigenvalue weighted by molar-refractivity contribution is 9.10. The van der Waals surface area contributed by atoms with Crippen molar-refractivity contribution in [3.63, 3.8) is 0 Å². The summed E-state index contributed by atoms with van der Waals surface area (Å²) in [5, 5.41) is 3.27. The Bertz CT molecular complexity index is 458. The molecule has 0 saturated carbocycles. The highest BCUT2D eigenvalue weighted by Gasteiger charge is 2.27. The number of nitrogens with zero attached hydrogens (tertiary/aromatic N) is 1. The average Bonchev–Trinajstić information content (AvgIpc) is 3.06. The minimum absolute atomic E-state index is 0.0827. The predicted octanol–water partition coefficient (Wildman–Crippen LogP) is 3.21. The first-order valence-electron chi connectivity index (χ1n) is 8.07. The second-order valence-corrected chi connectivity index (χ2v) is 6.54. The third kappa shape index (κ3) is 5.07. The van der Waals surface area contributed by atoms with E-state index in [-0.39, 0.29) is 11.8 Å². The molecule has 1 aromatic rings. The van der Waals surface area contributed by atoms with Gasteiger partial charge in [0.25, 0.3) is 0 Å². The van der Waals surface area contributed by atoms with Gasteiger partial charge in [-0.1, -0.05) is 29.3 Å². The fourth-order valence-electron chi connectivity index (χ4n) is 2.58. The lowest BCUT2D eigenvalue weighted by Crippen LogP contribution is -2.39. The molecule has 1 heterocycles. The molecule has 1 fully saturated rings. The largest absolute Gasteiger partial charge is 0.380 e. The lowest BCUT2D eigenvalue weighted by atomic mass is 10.1. The number of hydrogen-bond donors (Lipinski definition) is 1. The molecule has 1 aromatic carbocycles. The van der Waals surface area contributed by atoms with Crippen molar-refractivity contribution >= 4 is 27.5 Å². The fraction of sp³-hybridized carbons (Fsp3) is 0.588. The van der Waals surface area contributed by atoms with Crippen LogP contribution in [0.4, 0.5) is 5.69 Å². The maximum atomic E-state index is 12.8. The summed E-state index contributed by atoms with van der Waals surface area (Å²) in [6.45, 7) is 5.82. The van der Waals surface area contributed by atoms with Crippen molar-refractivity contribution in [2.24, 2.45) is 5.92 Å². The molecule has 5 heteroatoms. The van der Waals surface area contributed by atoms with Gasteiger partial charge in [0.15, 0.2) is 0 Å². The van der Waals surface area contributed by atoms with Gasteiger partial charge in [-0.15, -0.1) is 0 Å². The van der Waals surface area contributed by atoms with Crippen LogP contribution >= 0.6 is 15.9 Å². The van der Waals surface area contributed by atoms with Crippen LogP contribution in [-0.2, 0) is 9.53 Å². The first-order chi connectivity index (χ1) is 10.7. The molecule has 1 unspecified atom stereocenters. The summed E-state index contributed by atoms with van der Waals surface area (Å²) in [6.07, 6.45) is 3.12. The van der Waals surface area contributed by atoms with Crippen LogP contribution in [0.5, 0.6) is 0 Å². The SMILES string of the molecule is CCCCOCCN(C(=O)C1CCNC1)c1ccc(Br)cc1. The first kappa shape index (κ1) is 17.4. The van der Waals surface area contributed by atoms with Crippen LogP contribution in [0.25, 0.3) is 0 Å². The highest BCUT2D eigenvalue weighted by atomic mass is 79.9. The minimum Gasteiger partial charge on any atom is -0.380 e. The molecule has 1 aliphatic rings. The summed E-state index contributed by atoms with van der Waals surface area (Å²) in [6, 6.07) is 7.91. The second kappa shape index (κ2) is 9.28. The van der Waals surface area contributed by atoms with E-state index in [1.54, 1.807) is 0 Å². The van der Waals surface area contributed by atoms with Crippen molar-refractivity contribution in [1.29, 1.82) is 0 Å². The van der Waals surface area contributed by atoms with E-state index in [0.717, 1.165) is 49.1 Å². The quantitative estimate of drug-likeness (QED) is 0.716. The van der Waals surface area contributed by atoms with E-state index in [9.17, 15) is 4.79 Å². The number of ether oxygens (including phenoxy) is 1. The molecule has 1 amide bonds. The normalized spacial score (nSPS) is 17.6. The maximum Gasteiger partial charge on any atom is 0.231 e. The van der Waals surface area contributed by atoms with E-state index < -0.39 is 0 Å². The van der Waals surface area contributed by atoms with Crippen LogP contribution in [0.15, 0.2) is 28.7 Å². The summed E-state index contributed by atoms with van der Waals surface area (Å²) < 4.78 is 6.66. The molecule has 122 valence electrons. The van der Waals surface area contributed by atoms with E-state index in [1.807, 2.05) is 29.2 Å². The van der Waals surface area contributed by atoms with Crippen molar-refractivity contribution in [2.75, 3.05) is 37.7 Å².